The maximum atomic E-state index is 14.4. The van der Waals surface area contributed by atoms with E-state index in [0.717, 1.165) is 19.3 Å². The first kappa shape index (κ1) is 35.1. The molecule has 11 nitrogen and oxygen atoms in total. The fourth-order valence-electron chi connectivity index (χ4n) is 6.45. The second-order valence-electron chi connectivity index (χ2n) is 14.1. The van der Waals surface area contributed by atoms with E-state index in [1.54, 1.807) is 18.2 Å². The molecule has 2 fully saturated rings. The van der Waals surface area contributed by atoms with Gasteiger partial charge < -0.3 is 29.9 Å². The Balaban J connectivity index is 1.57. The van der Waals surface area contributed by atoms with Gasteiger partial charge in [0, 0.05) is 64.6 Å². The lowest BCUT2D eigenvalue weighted by Gasteiger charge is -2.43. The molecule has 1 aromatic carbocycles. The van der Waals surface area contributed by atoms with E-state index in [1.165, 1.54) is 10.5 Å². The SMILES string of the molecule is COCCCNc1nc(C(C)(C)C)ncc1C(=O)N(CC(C)C)[C@H]1C[C@@H](C(=O)N2CCC(c3ccccc3)CC2)CN(C(=O)O)C1. The zero-order valence-electron chi connectivity index (χ0n) is 28.4. The van der Waals surface area contributed by atoms with Crippen LogP contribution in [0.25, 0.3) is 0 Å². The van der Waals surface area contributed by atoms with Gasteiger partial charge in [-0.1, -0.05) is 65.0 Å². The Hall–Kier alpha value is -3.73. The van der Waals surface area contributed by atoms with E-state index < -0.39 is 18.1 Å². The number of hydrogen-bond acceptors (Lipinski definition) is 7. The summed E-state index contributed by atoms with van der Waals surface area (Å²) in [7, 11) is 1.65. The number of anilines is 1. The molecule has 2 aliphatic rings. The quantitative estimate of drug-likeness (QED) is 0.327. The van der Waals surface area contributed by atoms with Crippen LogP contribution < -0.4 is 5.32 Å². The Morgan fingerprint density at radius 1 is 1.09 bits per heavy atom. The number of piperidine rings is 2. The predicted molar refractivity (Wildman–Crippen MR) is 178 cm³/mol. The maximum absolute atomic E-state index is 14.4. The van der Waals surface area contributed by atoms with Crippen molar-refractivity contribution >= 4 is 23.7 Å². The normalized spacial score (nSPS) is 19.3. The fourth-order valence-corrected chi connectivity index (χ4v) is 6.45. The minimum atomic E-state index is -1.08. The molecular formula is C35H52N6O5. The third kappa shape index (κ3) is 8.96. The van der Waals surface area contributed by atoms with Crippen LogP contribution in [-0.2, 0) is 14.9 Å². The molecule has 2 saturated heterocycles. The fraction of sp³-hybridized carbons (Fsp3) is 0.629. The number of amides is 3. The smallest absolute Gasteiger partial charge is 0.407 e. The van der Waals surface area contributed by atoms with Gasteiger partial charge in [0.1, 0.15) is 17.2 Å². The monoisotopic (exact) mass is 636 g/mol. The number of ether oxygens (including phenoxy) is 1. The Labute approximate surface area is 273 Å². The number of nitrogens with zero attached hydrogens (tertiary/aromatic N) is 5. The summed E-state index contributed by atoms with van der Waals surface area (Å²) in [5.41, 5.74) is 1.31. The third-order valence-electron chi connectivity index (χ3n) is 8.90. The summed E-state index contributed by atoms with van der Waals surface area (Å²) in [6, 6.07) is 9.91. The molecule has 2 aromatic rings. The second kappa shape index (κ2) is 15.7. The first-order valence-corrected chi connectivity index (χ1v) is 16.6. The van der Waals surface area contributed by atoms with Crippen LogP contribution >= 0.6 is 0 Å². The van der Waals surface area contributed by atoms with Crippen LogP contribution in [0.4, 0.5) is 10.6 Å². The van der Waals surface area contributed by atoms with Crippen molar-refractivity contribution < 1.29 is 24.2 Å². The summed E-state index contributed by atoms with van der Waals surface area (Å²) in [5, 5.41) is 13.4. The van der Waals surface area contributed by atoms with Gasteiger partial charge in [-0.05, 0) is 43.1 Å². The first-order chi connectivity index (χ1) is 21.9. The topological polar surface area (TPSA) is 128 Å². The van der Waals surface area contributed by atoms with Crippen LogP contribution in [0.5, 0.6) is 0 Å². The molecule has 0 radical (unpaired) electrons. The molecule has 0 unspecified atom stereocenters. The van der Waals surface area contributed by atoms with Gasteiger partial charge in [-0.15, -0.1) is 0 Å². The molecule has 46 heavy (non-hydrogen) atoms. The molecule has 2 atom stereocenters. The molecule has 3 heterocycles. The second-order valence-corrected chi connectivity index (χ2v) is 14.1. The Kier molecular flexibility index (Phi) is 12.0. The predicted octanol–water partition coefficient (Wildman–Crippen LogP) is 5.10. The van der Waals surface area contributed by atoms with Gasteiger partial charge in [0.05, 0.1) is 12.0 Å². The van der Waals surface area contributed by atoms with E-state index in [2.05, 4.69) is 22.4 Å². The molecule has 0 bridgehead atoms. The average molecular weight is 637 g/mol. The number of carboxylic acid groups (broad SMARTS) is 1. The van der Waals surface area contributed by atoms with E-state index in [4.69, 9.17) is 9.72 Å². The van der Waals surface area contributed by atoms with E-state index >= 15 is 0 Å². The van der Waals surface area contributed by atoms with Crippen molar-refractivity contribution in [2.75, 3.05) is 58.3 Å². The van der Waals surface area contributed by atoms with Crippen molar-refractivity contribution in [3.05, 3.63) is 53.5 Å². The molecule has 0 aliphatic carbocycles. The van der Waals surface area contributed by atoms with Gasteiger partial charge in [-0.3, -0.25) is 9.59 Å². The largest absolute Gasteiger partial charge is 0.465 e. The van der Waals surface area contributed by atoms with Gasteiger partial charge in [0.15, 0.2) is 0 Å². The van der Waals surface area contributed by atoms with E-state index in [-0.39, 0.29) is 36.2 Å². The molecule has 2 aliphatic heterocycles. The standard InChI is InChI=1S/C35H52N6O5/c1-24(2)21-41(32(43)29-20-37-33(35(3,4)5)38-30(29)36-15-10-18-46-6)28-19-27(22-40(23-28)34(44)45)31(42)39-16-13-26(14-17-39)25-11-8-7-9-12-25/h7-9,11-12,20,24,26-28H,10,13-19,21-23H2,1-6H3,(H,44,45)(H,36,37,38)/t27-,28+/m1/s1. The lowest BCUT2D eigenvalue weighted by atomic mass is 9.87. The number of rotatable bonds is 11. The third-order valence-corrected chi connectivity index (χ3v) is 8.90. The summed E-state index contributed by atoms with van der Waals surface area (Å²) < 4.78 is 5.19. The van der Waals surface area contributed by atoms with Gasteiger partial charge in [-0.2, -0.15) is 0 Å². The van der Waals surface area contributed by atoms with Gasteiger partial charge in [-0.25, -0.2) is 14.8 Å². The lowest BCUT2D eigenvalue weighted by Crippen LogP contribution is -2.57. The van der Waals surface area contributed by atoms with E-state index in [0.29, 0.717) is 62.3 Å². The molecule has 1 aromatic heterocycles. The number of aromatic nitrogens is 2. The highest BCUT2D eigenvalue weighted by atomic mass is 16.5. The number of hydrogen-bond donors (Lipinski definition) is 2. The number of carbonyl (C=O) groups is 3. The zero-order valence-corrected chi connectivity index (χ0v) is 28.4. The van der Waals surface area contributed by atoms with Crippen molar-refractivity contribution in [1.82, 2.24) is 24.7 Å². The number of likely N-dealkylation sites (tertiary alicyclic amines) is 2. The van der Waals surface area contributed by atoms with Crippen molar-refractivity contribution in [1.29, 1.82) is 0 Å². The molecule has 3 amide bonds. The van der Waals surface area contributed by atoms with Crippen molar-refractivity contribution in [2.24, 2.45) is 11.8 Å². The summed E-state index contributed by atoms with van der Waals surface area (Å²) in [6.07, 6.45) is 3.38. The number of nitrogens with one attached hydrogen (secondary N) is 1. The Bertz CT molecular complexity index is 1320. The summed E-state index contributed by atoms with van der Waals surface area (Å²) in [6.45, 7) is 13.2. The number of methoxy groups -OCH3 is 1. The summed E-state index contributed by atoms with van der Waals surface area (Å²) in [4.78, 5) is 54.9. The van der Waals surface area contributed by atoms with Gasteiger partial charge >= 0.3 is 6.09 Å². The Morgan fingerprint density at radius 3 is 2.39 bits per heavy atom. The maximum Gasteiger partial charge on any atom is 0.407 e. The lowest BCUT2D eigenvalue weighted by molar-refractivity contribution is -0.139. The van der Waals surface area contributed by atoms with Crippen LogP contribution in [0.1, 0.15) is 88.0 Å². The van der Waals surface area contributed by atoms with Crippen molar-refractivity contribution in [3.63, 3.8) is 0 Å². The van der Waals surface area contributed by atoms with Crippen molar-refractivity contribution in [2.45, 2.75) is 77.7 Å². The van der Waals surface area contributed by atoms with Crippen LogP contribution in [-0.4, -0.2) is 107 Å². The Morgan fingerprint density at radius 2 is 1.78 bits per heavy atom. The molecule has 11 heteroatoms. The van der Waals surface area contributed by atoms with Crippen LogP contribution in [0.15, 0.2) is 36.5 Å². The number of carbonyl (C=O) groups excluding carboxylic acids is 2. The van der Waals surface area contributed by atoms with Crippen LogP contribution in [0, 0.1) is 11.8 Å². The summed E-state index contributed by atoms with van der Waals surface area (Å²) in [5.74, 6) is 0.760. The first-order valence-electron chi connectivity index (χ1n) is 16.6. The van der Waals surface area contributed by atoms with Crippen molar-refractivity contribution in [3.8, 4) is 0 Å². The molecule has 2 N–H and O–H groups in total. The highest BCUT2D eigenvalue weighted by molar-refractivity contribution is 5.98. The molecular weight excluding hydrogens is 584 g/mol. The number of benzene rings is 1. The zero-order chi connectivity index (χ0) is 33.4. The highest BCUT2D eigenvalue weighted by Gasteiger charge is 2.41. The molecule has 0 spiro atoms. The highest BCUT2D eigenvalue weighted by Crippen LogP contribution is 2.31. The minimum Gasteiger partial charge on any atom is -0.465 e. The average Bonchev–Trinajstić information content (AvgIpc) is 3.04. The molecule has 252 valence electrons. The molecule has 4 rings (SSSR count). The summed E-state index contributed by atoms with van der Waals surface area (Å²) >= 11 is 0. The van der Waals surface area contributed by atoms with E-state index in [9.17, 15) is 19.5 Å². The minimum absolute atomic E-state index is 0.0298. The van der Waals surface area contributed by atoms with Gasteiger partial charge in [0.25, 0.3) is 5.91 Å². The molecule has 0 saturated carbocycles. The van der Waals surface area contributed by atoms with Crippen LogP contribution in [0.3, 0.4) is 0 Å². The van der Waals surface area contributed by atoms with E-state index in [1.807, 2.05) is 57.7 Å². The van der Waals surface area contributed by atoms with Gasteiger partial charge in [0.2, 0.25) is 5.91 Å². The van der Waals surface area contributed by atoms with Crippen LogP contribution in [0.2, 0.25) is 0 Å².